The molecule has 1 amide bonds. The lowest BCUT2D eigenvalue weighted by atomic mass is 9.46. The Labute approximate surface area is 250 Å². The molecule has 11 heteroatoms. The number of fused-ring (bicyclic) bond motifs is 5. The predicted octanol–water partition coefficient (Wildman–Crippen LogP) is 3.90. The number of carboxylic acid groups (broad SMARTS) is 1. The predicted molar refractivity (Wildman–Crippen MR) is 156 cm³/mol. The summed E-state index contributed by atoms with van der Waals surface area (Å²) in [6.45, 7) is 3.96. The molecule has 4 aliphatic rings. The summed E-state index contributed by atoms with van der Waals surface area (Å²) >= 11 is 0. The van der Waals surface area contributed by atoms with E-state index in [1.54, 1.807) is 0 Å². The van der Waals surface area contributed by atoms with Gasteiger partial charge in [-0.25, -0.2) is 4.79 Å². The number of hydrogen-bond donors (Lipinski definition) is 4. The van der Waals surface area contributed by atoms with Gasteiger partial charge < -0.3 is 25.5 Å². The number of nitrogens with zero attached hydrogens (tertiary/aromatic N) is 2. The maximum Gasteiger partial charge on any atom is 0.329 e. The summed E-state index contributed by atoms with van der Waals surface area (Å²) in [6.07, 6.45) is 13.2. The van der Waals surface area contributed by atoms with E-state index >= 15 is 0 Å². The van der Waals surface area contributed by atoms with Crippen molar-refractivity contribution in [2.75, 3.05) is 6.61 Å². The highest BCUT2D eigenvalue weighted by atomic mass is 16.6. The van der Waals surface area contributed by atoms with E-state index < -0.39 is 41.2 Å². The number of carbonyl (C=O) groups excluding carboxylic acids is 1. The largest absolute Gasteiger partial charge is 0.480 e. The molecule has 8 atom stereocenters. The zero-order valence-corrected chi connectivity index (χ0v) is 24.5. The lowest BCUT2D eigenvalue weighted by Crippen LogP contribution is -2.54. The molecule has 4 N–H and O–H groups in total. The third-order valence-corrected chi connectivity index (χ3v) is 11.1. The molecule has 1 aromatic rings. The maximum absolute atomic E-state index is 12.5. The molecule has 11 nitrogen and oxygen atoms in total. The number of allylic oxidation sites excluding steroid dienone is 2. The lowest BCUT2D eigenvalue weighted by molar-refractivity contribution is -0.385. The molecule has 0 spiro atoms. The molecule has 1 aromatic carbocycles. The first kappa shape index (κ1) is 30.7. The molecular formula is C32H39N3O8. The quantitative estimate of drug-likeness (QED) is 0.200. The van der Waals surface area contributed by atoms with Crippen LogP contribution in [0, 0.1) is 51.0 Å². The highest BCUT2D eigenvalue weighted by molar-refractivity contribution is 5.96. The number of rotatable bonds is 8. The van der Waals surface area contributed by atoms with Gasteiger partial charge in [0.25, 0.3) is 11.6 Å². The van der Waals surface area contributed by atoms with E-state index in [2.05, 4.69) is 36.3 Å². The average molecular weight is 594 g/mol. The van der Waals surface area contributed by atoms with Gasteiger partial charge in [0.1, 0.15) is 11.7 Å². The molecule has 0 bridgehead atoms. The van der Waals surface area contributed by atoms with Gasteiger partial charge in [-0.1, -0.05) is 42.6 Å². The monoisotopic (exact) mass is 593 g/mol. The Bertz CT molecular complexity index is 1420. The molecule has 0 heterocycles. The minimum absolute atomic E-state index is 0.0167. The first-order valence-electron chi connectivity index (χ1n) is 14.9. The second-order valence-corrected chi connectivity index (χ2v) is 13.0. The Hall–Kier alpha value is -3.75. The third kappa shape index (κ3) is 5.31. The van der Waals surface area contributed by atoms with Crippen molar-refractivity contribution >= 4 is 23.3 Å². The zero-order valence-electron chi connectivity index (χ0n) is 24.5. The van der Waals surface area contributed by atoms with Gasteiger partial charge in [-0.05, 0) is 86.2 Å². The first-order chi connectivity index (χ1) is 20.3. The van der Waals surface area contributed by atoms with Crippen molar-refractivity contribution < 1.29 is 34.7 Å². The van der Waals surface area contributed by atoms with Gasteiger partial charge in [-0.2, -0.15) is 0 Å². The highest BCUT2D eigenvalue weighted by Crippen LogP contribution is 2.67. The number of aliphatic carboxylic acids is 1. The summed E-state index contributed by atoms with van der Waals surface area (Å²) in [4.78, 5) is 39.9. The molecule has 43 heavy (non-hydrogen) atoms. The fourth-order valence-corrected chi connectivity index (χ4v) is 8.58. The number of oxime groups is 1. The van der Waals surface area contributed by atoms with Crippen LogP contribution in [-0.4, -0.2) is 56.1 Å². The fraction of sp³-hybridized carbons (Fsp3) is 0.594. The highest BCUT2D eigenvalue weighted by Gasteiger charge is 2.63. The molecule has 5 rings (SSSR count). The minimum atomic E-state index is -1.74. The number of amides is 1. The second-order valence-electron chi connectivity index (χ2n) is 13.0. The van der Waals surface area contributed by atoms with Crippen LogP contribution in [-0.2, 0) is 14.4 Å². The summed E-state index contributed by atoms with van der Waals surface area (Å²) in [5.74, 6) is 1.85. The van der Waals surface area contributed by atoms with Crippen molar-refractivity contribution in [3.63, 3.8) is 0 Å². The molecule has 3 fully saturated rings. The van der Waals surface area contributed by atoms with E-state index in [1.165, 1.54) is 23.8 Å². The molecule has 0 aliphatic heterocycles. The van der Waals surface area contributed by atoms with Gasteiger partial charge in [0.05, 0.1) is 10.6 Å². The van der Waals surface area contributed by atoms with E-state index in [4.69, 9.17) is 11.3 Å². The SMILES string of the molecule is C#C[C@]1(O)CC[C@H]2[C@@H]3CCC4=C/C(=N/OCC(=O)N[C@H](C(=O)O)[C@H](O)c5cccc([N+](=O)[O-])c5)CC[C@]4(C)[C@H]3CC[C@@]21C. The van der Waals surface area contributed by atoms with Gasteiger partial charge in [0.15, 0.2) is 12.6 Å². The second kappa shape index (κ2) is 11.4. The van der Waals surface area contributed by atoms with Crippen molar-refractivity contribution in [1.82, 2.24) is 5.32 Å². The van der Waals surface area contributed by atoms with E-state index in [1.807, 2.05) is 0 Å². The Morgan fingerprint density at radius 2 is 1.95 bits per heavy atom. The number of carbonyl (C=O) groups is 2. The van der Waals surface area contributed by atoms with Crippen LogP contribution >= 0.6 is 0 Å². The molecule has 0 unspecified atom stereocenters. The van der Waals surface area contributed by atoms with E-state index in [0.29, 0.717) is 36.3 Å². The van der Waals surface area contributed by atoms with Crippen LogP contribution < -0.4 is 5.32 Å². The number of carboxylic acids is 1. The zero-order chi connectivity index (χ0) is 31.2. The van der Waals surface area contributed by atoms with Crippen molar-refractivity contribution in [3.8, 4) is 12.3 Å². The van der Waals surface area contributed by atoms with Gasteiger partial charge in [0, 0.05) is 17.5 Å². The summed E-state index contributed by atoms with van der Waals surface area (Å²) in [5.41, 5.74) is 0.464. The van der Waals surface area contributed by atoms with Crippen molar-refractivity contribution in [1.29, 1.82) is 0 Å². The average Bonchev–Trinajstić information content (AvgIpc) is 3.26. The van der Waals surface area contributed by atoms with Crippen LogP contribution in [0.25, 0.3) is 0 Å². The van der Waals surface area contributed by atoms with Gasteiger partial charge in [-0.15, -0.1) is 6.42 Å². The minimum Gasteiger partial charge on any atom is -0.480 e. The van der Waals surface area contributed by atoms with E-state index in [0.717, 1.165) is 44.6 Å². The first-order valence-corrected chi connectivity index (χ1v) is 14.9. The van der Waals surface area contributed by atoms with Gasteiger partial charge in [-0.3, -0.25) is 14.9 Å². The topological polar surface area (TPSA) is 172 Å². The Kier molecular flexibility index (Phi) is 8.13. The molecule has 4 aliphatic carbocycles. The van der Waals surface area contributed by atoms with E-state index in [9.17, 15) is 35.0 Å². The van der Waals surface area contributed by atoms with E-state index in [-0.39, 0.29) is 22.1 Å². The number of nitrogens with one attached hydrogen (secondary N) is 1. The van der Waals surface area contributed by atoms with Crippen LogP contribution in [0.15, 0.2) is 41.1 Å². The van der Waals surface area contributed by atoms with Gasteiger partial charge in [0.2, 0.25) is 0 Å². The molecule has 0 aromatic heterocycles. The summed E-state index contributed by atoms with van der Waals surface area (Å²) < 4.78 is 0. The molecule has 0 saturated heterocycles. The summed E-state index contributed by atoms with van der Waals surface area (Å²) in [7, 11) is 0. The van der Waals surface area contributed by atoms with Crippen molar-refractivity contribution in [3.05, 3.63) is 51.6 Å². The smallest absolute Gasteiger partial charge is 0.329 e. The third-order valence-electron chi connectivity index (χ3n) is 11.1. The molecular weight excluding hydrogens is 554 g/mol. The fourth-order valence-electron chi connectivity index (χ4n) is 8.58. The standard InChI is InChI=1S/C32H39N3O8/c1-4-32(40)15-12-25-23-9-8-20-17-21(10-13-30(20,2)24(23)11-14-31(25,32)3)34-43-18-26(36)33-27(29(38)39)28(37)19-6-5-7-22(16-19)35(41)42/h1,5-7,16-17,23-25,27-28,37,40H,8-15,18H2,2-3H3,(H,33,36)(H,38,39)/b34-21+/t23-,24+,25+,27+,28-,30+,31+,32+/m1/s1. The normalized spacial score (nSPS) is 35.3. The number of hydrogen-bond acceptors (Lipinski definition) is 8. The summed E-state index contributed by atoms with van der Waals surface area (Å²) in [5, 5.41) is 48.7. The number of nitro groups is 1. The van der Waals surface area contributed by atoms with Crippen LogP contribution in [0.5, 0.6) is 0 Å². The Balaban J connectivity index is 1.21. The van der Waals surface area contributed by atoms with Crippen molar-refractivity contribution in [2.45, 2.75) is 83.0 Å². The lowest BCUT2D eigenvalue weighted by Gasteiger charge is -2.58. The van der Waals surface area contributed by atoms with Crippen LogP contribution in [0.3, 0.4) is 0 Å². The van der Waals surface area contributed by atoms with Crippen LogP contribution in [0.1, 0.15) is 76.9 Å². The van der Waals surface area contributed by atoms with Crippen molar-refractivity contribution in [2.24, 2.45) is 33.7 Å². The van der Waals surface area contributed by atoms with Crippen LogP contribution in [0.4, 0.5) is 5.69 Å². The number of aliphatic hydroxyl groups is 2. The number of benzene rings is 1. The Morgan fingerprint density at radius 3 is 2.65 bits per heavy atom. The molecule has 0 radical (unpaired) electrons. The number of non-ortho nitro benzene ring substituents is 1. The molecule has 230 valence electrons. The molecule has 3 saturated carbocycles. The summed E-state index contributed by atoms with van der Waals surface area (Å²) in [6, 6.07) is 3.20. The number of aliphatic hydroxyl groups excluding tert-OH is 1. The maximum atomic E-state index is 12.5. The van der Waals surface area contributed by atoms with Gasteiger partial charge >= 0.3 is 5.97 Å². The number of nitro benzene ring substituents is 1. The van der Waals surface area contributed by atoms with Crippen LogP contribution in [0.2, 0.25) is 0 Å². The Morgan fingerprint density at radius 1 is 1.21 bits per heavy atom. The number of terminal acetylenes is 1.